The summed E-state index contributed by atoms with van der Waals surface area (Å²) in [6.45, 7) is 0. The van der Waals surface area contributed by atoms with Gasteiger partial charge in [0.15, 0.2) is 0 Å². The zero-order chi connectivity index (χ0) is 20.2. The monoisotopic (exact) mass is 414 g/mol. The van der Waals surface area contributed by atoms with Crippen molar-refractivity contribution in [2.75, 3.05) is 33.7 Å². The van der Waals surface area contributed by atoms with Gasteiger partial charge in [0, 0.05) is 18.7 Å². The van der Waals surface area contributed by atoms with Gasteiger partial charge in [-0.15, -0.1) is 0 Å². The number of halogens is 1. The Morgan fingerprint density at radius 3 is 2.37 bits per heavy atom. The maximum Gasteiger partial charge on any atom is 0.266 e. The maximum absolute atomic E-state index is 12.6. The van der Waals surface area contributed by atoms with Crippen LogP contribution in [0.3, 0.4) is 0 Å². The van der Waals surface area contributed by atoms with Gasteiger partial charge in [0.05, 0.1) is 32.0 Å². The van der Waals surface area contributed by atoms with Crippen LogP contribution < -0.4 is 14.8 Å². The highest BCUT2D eigenvalue weighted by Crippen LogP contribution is 2.30. The Hall–Kier alpha value is -2.33. The SMILES string of the molecule is COc1ccc(NC(=O)c2ccc(Cl)c(S(=O)(=O)N(C)OC)c2)c(OC)c1. The lowest BCUT2D eigenvalue weighted by atomic mass is 10.2. The molecule has 0 heterocycles. The molecule has 0 atom stereocenters. The fourth-order valence-electron chi connectivity index (χ4n) is 2.18. The van der Waals surface area contributed by atoms with E-state index in [0.717, 1.165) is 0 Å². The molecule has 2 aromatic rings. The molecule has 0 bridgehead atoms. The van der Waals surface area contributed by atoms with Gasteiger partial charge in [0.2, 0.25) is 0 Å². The molecule has 0 unspecified atom stereocenters. The van der Waals surface area contributed by atoms with Gasteiger partial charge in [0.1, 0.15) is 16.4 Å². The topological polar surface area (TPSA) is 94.2 Å². The summed E-state index contributed by atoms with van der Waals surface area (Å²) in [5.74, 6) is 0.419. The molecule has 10 heteroatoms. The van der Waals surface area contributed by atoms with E-state index in [2.05, 4.69) is 5.32 Å². The summed E-state index contributed by atoms with van der Waals surface area (Å²) in [5.41, 5.74) is 0.497. The standard InChI is InChI=1S/C17H19ClN2O6S/c1-20(26-4)27(22,23)16-9-11(5-7-13(16)18)17(21)19-14-8-6-12(24-2)10-15(14)25-3/h5-10H,1-4H3,(H,19,21). The first kappa shape index (κ1) is 21.0. The Kier molecular flexibility index (Phi) is 6.66. The molecule has 0 aliphatic carbocycles. The van der Waals surface area contributed by atoms with Crippen LogP contribution in [0.4, 0.5) is 5.69 Å². The highest BCUT2D eigenvalue weighted by molar-refractivity contribution is 7.89. The van der Waals surface area contributed by atoms with Crippen LogP contribution in [-0.4, -0.2) is 47.2 Å². The van der Waals surface area contributed by atoms with Gasteiger partial charge < -0.3 is 14.8 Å². The average Bonchev–Trinajstić information content (AvgIpc) is 2.67. The van der Waals surface area contributed by atoms with Crippen molar-refractivity contribution in [3.05, 3.63) is 47.0 Å². The number of hydrogen-bond acceptors (Lipinski definition) is 6. The number of anilines is 1. The quantitative estimate of drug-likeness (QED) is 0.700. The van der Waals surface area contributed by atoms with Gasteiger partial charge in [-0.1, -0.05) is 16.1 Å². The van der Waals surface area contributed by atoms with Crippen LogP contribution in [0, 0.1) is 0 Å². The van der Waals surface area contributed by atoms with E-state index in [1.807, 2.05) is 0 Å². The summed E-state index contributed by atoms with van der Waals surface area (Å²) >= 11 is 6.00. The third kappa shape index (κ3) is 4.51. The number of nitrogens with zero attached hydrogens (tertiary/aromatic N) is 1. The fraction of sp³-hybridized carbons (Fsp3) is 0.235. The number of sulfonamides is 1. The number of hydrogen-bond donors (Lipinski definition) is 1. The molecule has 2 rings (SSSR count). The highest BCUT2D eigenvalue weighted by Gasteiger charge is 2.25. The molecule has 0 saturated heterocycles. The van der Waals surface area contributed by atoms with Crippen LogP contribution >= 0.6 is 11.6 Å². The second-order valence-corrected chi connectivity index (χ2v) is 7.57. The number of ether oxygens (including phenoxy) is 2. The van der Waals surface area contributed by atoms with Gasteiger partial charge in [-0.2, -0.15) is 0 Å². The highest BCUT2D eigenvalue weighted by atomic mass is 35.5. The van der Waals surface area contributed by atoms with Crippen LogP contribution in [0.2, 0.25) is 5.02 Å². The van der Waals surface area contributed by atoms with Crippen LogP contribution in [0.25, 0.3) is 0 Å². The molecule has 0 aromatic heterocycles. The average molecular weight is 415 g/mol. The van der Waals surface area contributed by atoms with E-state index in [1.165, 1.54) is 46.6 Å². The van der Waals surface area contributed by atoms with Crippen LogP contribution in [0.1, 0.15) is 10.4 Å². The first-order valence-corrected chi connectivity index (χ1v) is 9.42. The molecule has 8 nitrogen and oxygen atoms in total. The predicted octanol–water partition coefficient (Wildman–Crippen LogP) is 2.79. The normalized spacial score (nSPS) is 11.3. The molecule has 0 radical (unpaired) electrons. The molecule has 0 aliphatic rings. The Morgan fingerprint density at radius 2 is 1.78 bits per heavy atom. The zero-order valence-electron chi connectivity index (χ0n) is 15.1. The molecule has 1 N–H and O–H groups in total. The number of hydroxylamine groups is 1. The Labute approximate surface area is 162 Å². The number of nitrogens with one attached hydrogen (secondary N) is 1. The van der Waals surface area contributed by atoms with Crippen LogP contribution in [-0.2, 0) is 14.9 Å². The molecule has 0 aliphatic heterocycles. The summed E-state index contributed by atoms with van der Waals surface area (Å²) in [5, 5.41) is 2.64. The number of rotatable bonds is 7. The first-order valence-electron chi connectivity index (χ1n) is 7.60. The lowest BCUT2D eigenvalue weighted by Gasteiger charge is -2.16. The largest absolute Gasteiger partial charge is 0.497 e. The van der Waals surface area contributed by atoms with Crippen molar-refractivity contribution in [2.45, 2.75) is 4.90 Å². The molecule has 2 aromatic carbocycles. The number of methoxy groups -OCH3 is 2. The van der Waals surface area contributed by atoms with Crippen molar-refractivity contribution < 1.29 is 27.5 Å². The second kappa shape index (κ2) is 8.57. The van der Waals surface area contributed by atoms with E-state index in [4.69, 9.17) is 25.9 Å². The van der Waals surface area contributed by atoms with Crippen LogP contribution in [0.5, 0.6) is 11.5 Å². The minimum atomic E-state index is -4.01. The van der Waals surface area contributed by atoms with Gasteiger partial charge in [-0.3, -0.25) is 9.63 Å². The van der Waals surface area contributed by atoms with E-state index in [1.54, 1.807) is 18.2 Å². The van der Waals surface area contributed by atoms with Gasteiger partial charge in [-0.25, -0.2) is 8.42 Å². The number of carbonyl (C=O) groups excluding carboxylic acids is 1. The van der Waals surface area contributed by atoms with Crippen molar-refractivity contribution in [3.8, 4) is 11.5 Å². The summed E-state index contributed by atoms with van der Waals surface area (Å²) < 4.78 is 35.9. The molecule has 0 saturated carbocycles. The van der Waals surface area contributed by atoms with Gasteiger partial charge >= 0.3 is 0 Å². The predicted molar refractivity (Wildman–Crippen MR) is 101 cm³/mol. The van der Waals surface area contributed by atoms with E-state index in [0.29, 0.717) is 21.7 Å². The van der Waals surface area contributed by atoms with Crippen molar-refractivity contribution in [3.63, 3.8) is 0 Å². The van der Waals surface area contributed by atoms with E-state index in [9.17, 15) is 13.2 Å². The fourth-order valence-corrected chi connectivity index (χ4v) is 3.65. The number of benzene rings is 2. The van der Waals surface area contributed by atoms with Gasteiger partial charge in [-0.05, 0) is 30.3 Å². The molecule has 0 spiro atoms. The Morgan fingerprint density at radius 1 is 1.07 bits per heavy atom. The summed E-state index contributed by atoms with van der Waals surface area (Å²) in [4.78, 5) is 17.1. The third-order valence-electron chi connectivity index (χ3n) is 3.72. The van der Waals surface area contributed by atoms with Gasteiger partial charge in [0.25, 0.3) is 15.9 Å². The summed E-state index contributed by atoms with van der Waals surface area (Å²) in [6.07, 6.45) is 0. The molecule has 27 heavy (non-hydrogen) atoms. The first-order chi connectivity index (χ1) is 12.7. The Bertz CT molecular complexity index is 948. The molecule has 0 fully saturated rings. The van der Waals surface area contributed by atoms with Crippen molar-refractivity contribution >= 4 is 33.2 Å². The number of amides is 1. The second-order valence-electron chi connectivity index (χ2n) is 5.26. The molecular weight excluding hydrogens is 396 g/mol. The molecule has 146 valence electrons. The molecule has 1 amide bonds. The lowest BCUT2D eigenvalue weighted by molar-refractivity contribution is -0.0258. The van der Waals surface area contributed by atoms with Crippen molar-refractivity contribution in [2.24, 2.45) is 0 Å². The summed E-state index contributed by atoms with van der Waals surface area (Å²) in [7, 11) is 1.39. The smallest absolute Gasteiger partial charge is 0.266 e. The summed E-state index contributed by atoms with van der Waals surface area (Å²) in [6, 6.07) is 8.81. The minimum absolute atomic E-state index is 0.0301. The van der Waals surface area contributed by atoms with Crippen molar-refractivity contribution in [1.82, 2.24) is 4.47 Å². The number of carbonyl (C=O) groups is 1. The minimum Gasteiger partial charge on any atom is -0.497 e. The van der Waals surface area contributed by atoms with E-state index in [-0.39, 0.29) is 15.5 Å². The van der Waals surface area contributed by atoms with E-state index < -0.39 is 15.9 Å². The Balaban J connectivity index is 2.37. The maximum atomic E-state index is 12.6. The van der Waals surface area contributed by atoms with Crippen molar-refractivity contribution in [1.29, 1.82) is 0 Å². The van der Waals surface area contributed by atoms with Crippen LogP contribution in [0.15, 0.2) is 41.3 Å². The lowest BCUT2D eigenvalue weighted by Crippen LogP contribution is -2.26. The molecular formula is C17H19ClN2O6S. The third-order valence-corrected chi connectivity index (χ3v) is 5.89. The zero-order valence-corrected chi connectivity index (χ0v) is 16.7. The van der Waals surface area contributed by atoms with E-state index >= 15 is 0 Å².